The zero-order valence-corrected chi connectivity index (χ0v) is 12.5. The van der Waals surface area contributed by atoms with E-state index in [-0.39, 0.29) is 12.2 Å². The fourth-order valence-electron chi connectivity index (χ4n) is 1.73. The maximum Gasteiger partial charge on any atom is 0.339 e. The number of benzene rings is 1. The van der Waals surface area contributed by atoms with Crippen LogP contribution in [0.5, 0.6) is 5.75 Å². The number of hydrogen-bond acceptors (Lipinski definition) is 4. The van der Waals surface area contributed by atoms with Gasteiger partial charge in [0.2, 0.25) is 0 Å². The molecule has 1 N–H and O–H groups in total. The Balaban J connectivity index is 2.13. The van der Waals surface area contributed by atoms with Crippen LogP contribution in [0.2, 0.25) is 0 Å². The van der Waals surface area contributed by atoms with Gasteiger partial charge >= 0.3 is 5.97 Å². The van der Waals surface area contributed by atoms with Crippen molar-refractivity contribution in [3.05, 3.63) is 45.4 Å². The minimum absolute atomic E-state index is 0.176. The van der Waals surface area contributed by atoms with E-state index in [0.717, 1.165) is 16.3 Å². The second-order valence-electron chi connectivity index (χ2n) is 4.93. The van der Waals surface area contributed by atoms with Crippen LogP contribution in [0.3, 0.4) is 0 Å². The molecule has 2 aromatic rings. The molecule has 0 fully saturated rings. The van der Waals surface area contributed by atoms with Gasteiger partial charge in [-0.3, -0.25) is 0 Å². The third-order valence-electron chi connectivity index (χ3n) is 2.81. The highest BCUT2D eigenvalue weighted by atomic mass is 32.1. The van der Waals surface area contributed by atoms with Gasteiger partial charge in [-0.2, -0.15) is 0 Å². The van der Waals surface area contributed by atoms with Crippen molar-refractivity contribution in [2.24, 2.45) is 0 Å². The van der Waals surface area contributed by atoms with Gasteiger partial charge in [0.1, 0.15) is 17.9 Å². The molecule has 0 saturated heterocycles. The van der Waals surface area contributed by atoms with E-state index < -0.39 is 5.97 Å². The summed E-state index contributed by atoms with van der Waals surface area (Å²) in [6.45, 7) is 6.37. The van der Waals surface area contributed by atoms with Crippen LogP contribution in [0.4, 0.5) is 0 Å². The lowest BCUT2D eigenvalue weighted by molar-refractivity contribution is 0.0691. The van der Waals surface area contributed by atoms with Crippen LogP contribution in [0.15, 0.2) is 23.6 Å². The van der Waals surface area contributed by atoms with Crippen molar-refractivity contribution in [1.82, 2.24) is 4.98 Å². The third kappa shape index (κ3) is 3.36. The summed E-state index contributed by atoms with van der Waals surface area (Å²) in [5, 5.41) is 12.1. The van der Waals surface area contributed by atoms with Gasteiger partial charge in [-0.1, -0.05) is 19.9 Å². The summed E-state index contributed by atoms with van der Waals surface area (Å²) in [7, 11) is 0. The molecule has 20 heavy (non-hydrogen) atoms. The SMILES string of the molecule is Cc1ccc(C(=O)O)c(OCc2csc(C(C)C)n2)c1. The Morgan fingerprint density at radius 1 is 1.45 bits per heavy atom. The van der Waals surface area contributed by atoms with Gasteiger partial charge in [0.05, 0.1) is 10.7 Å². The topological polar surface area (TPSA) is 59.4 Å². The quantitative estimate of drug-likeness (QED) is 0.909. The molecule has 0 aliphatic heterocycles. The molecule has 0 unspecified atom stereocenters. The number of aryl methyl sites for hydroxylation is 1. The molecule has 0 amide bonds. The summed E-state index contributed by atoms with van der Waals surface area (Å²) in [6.07, 6.45) is 0. The molecule has 0 bridgehead atoms. The molecule has 0 spiro atoms. The number of carbonyl (C=O) groups is 1. The van der Waals surface area contributed by atoms with Crippen molar-refractivity contribution in [2.45, 2.75) is 33.3 Å². The number of thiazole rings is 1. The van der Waals surface area contributed by atoms with Gasteiger partial charge in [-0.25, -0.2) is 9.78 Å². The lowest BCUT2D eigenvalue weighted by Crippen LogP contribution is -2.04. The number of ether oxygens (including phenoxy) is 1. The molecule has 1 heterocycles. The predicted molar refractivity (Wildman–Crippen MR) is 78.7 cm³/mol. The lowest BCUT2D eigenvalue weighted by atomic mass is 10.1. The normalized spacial score (nSPS) is 10.8. The van der Waals surface area contributed by atoms with Gasteiger partial charge in [0.25, 0.3) is 0 Å². The number of carboxylic acid groups (broad SMARTS) is 1. The molecule has 2 rings (SSSR count). The Bertz CT molecular complexity index is 619. The Morgan fingerprint density at radius 3 is 2.80 bits per heavy atom. The largest absolute Gasteiger partial charge is 0.486 e. The molecule has 4 nitrogen and oxygen atoms in total. The molecule has 0 atom stereocenters. The fourth-order valence-corrected chi connectivity index (χ4v) is 2.55. The zero-order chi connectivity index (χ0) is 14.7. The van der Waals surface area contributed by atoms with Crippen LogP contribution < -0.4 is 4.74 Å². The van der Waals surface area contributed by atoms with Gasteiger partial charge in [0, 0.05) is 11.3 Å². The summed E-state index contributed by atoms with van der Waals surface area (Å²) >= 11 is 1.60. The maximum absolute atomic E-state index is 11.1. The number of nitrogens with zero attached hydrogens (tertiary/aromatic N) is 1. The Kier molecular flexibility index (Phi) is 4.39. The van der Waals surface area contributed by atoms with Crippen LogP contribution in [0.25, 0.3) is 0 Å². The summed E-state index contributed by atoms with van der Waals surface area (Å²) in [5.74, 6) is -0.208. The molecule has 0 aliphatic carbocycles. The highest BCUT2D eigenvalue weighted by molar-refractivity contribution is 7.09. The zero-order valence-electron chi connectivity index (χ0n) is 11.7. The van der Waals surface area contributed by atoms with E-state index in [1.54, 1.807) is 29.5 Å². The smallest absolute Gasteiger partial charge is 0.339 e. The number of aromatic carboxylic acids is 1. The predicted octanol–water partition coefficient (Wildman–Crippen LogP) is 3.85. The molecule has 0 radical (unpaired) electrons. The first-order chi connectivity index (χ1) is 9.47. The van der Waals surface area contributed by atoms with E-state index in [4.69, 9.17) is 9.84 Å². The molecule has 106 valence electrons. The van der Waals surface area contributed by atoms with Gasteiger partial charge in [0.15, 0.2) is 0 Å². The minimum Gasteiger partial charge on any atom is -0.486 e. The van der Waals surface area contributed by atoms with Crippen molar-refractivity contribution in [1.29, 1.82) is 0 Å². The van der Waals surface area contributed by atoms with Crippen LogP contribution in [0.1, 0.15) is 46.4 Å². The monoisotopic (exact) mass is 291 g/mol. The first-order valence-electron chi connectivity index (χ1n) is 6.38. The van der Waals surface area contributed by atoms with Crippen LogP contribution in [-0.4, -0.2) is 16.1 Å². The Labute approximate surface area is 122 Å². The third-order valence-corrected chi connectivity index (χ3v) is 4.00. The fraction of sp³-hybridized carbons (Fsp3) is 0.333. The van der Waals surface area contributed by atoms with Crippen LogP contribution in [0, 0.1) is 6.92 Å². The molecule has 1 aromatic heterocycles. The van der Waals surface area contributed by atoms with E-state index in [9.17, 15) is 4.79 Å². The summed E-state index contributed by atoms with van der Waals surface area (Å²) in [5.41, 5.74) is 1.97. The molecule has 0 aliphatic rings. The molecule has 5 heteroatoms. The Hall–Kier alpha value is -1.88. The van der Waals surface area contributed by atoms with Crippen LogP contribution >= 0.6 is 11.3 Å². The number of hydrogen-bond donors (Lipinski definition) is 1. The van der Waals surface area contributed by atoms with Gasteiger partial charge in [-0.15, -0.1) is 11.3 Å². The van der Waals surface area contributed by atoms with Crippen LogP contribution in [-0.2, 0) is 6.61 Å². The summed E-state index contributed by atoms with van der Waals surface area (Å²) < 4.78 is 5.62. The number of rotatable bonds is 5. The first-order valence-corrected chi connectivity index (χ1v) is 7.26. The van der Waals surface area contributed by atoms with E-state index in [1.165, 1.54) is 0 Å². The second-order valence-corrected chi connectivity index (χ2v) is 5.81. The average molecular weight is 291 g/mol. The lowest BCUT2D eigenvalue weighted by Gasteiger charge is -2.08. The van der Waals surface area contributed by atoms with Crippen molar-refractivity contribution < 1.29 is 14.6 Å². The van der Waals surface area contributed by atoms with Gasteiger partial charge in [-0.05, 0) is 24.6 Å². The molecular formula is C15H17NO3S. The minimum atomic E-state index is -0.985. The Morgan fingerprint density at radius 2 is 2.20 bits per heavy atom. The van der Waals surface area contributed by atoms with Gasteiger partial charge < -0.3 is 9.84 Å². The van der Waals surface area contributed by atoms with Crippen molar-refractivity contribution in [3.8, 4) is 5.75 Å². The molecule has 0 saturated carbocycles. The highest BCUT2D eigenvalue weighted by Crippen LogP contribution is 2.23. The molecule has 1 aromatic carbocycles. The van der Waals surface area contributed by atoms with E-state index in [2.05, 4.69) is 18.8 Å². The second kappa shape index (κ2) is 6.05. The number of aromatic nitrogens is 1. The highest BCUT2D eigenvalue weighted by Gasteiger charge is 2.12. The standard InChI is InChI=1S/C15H17NO3S/c1-9(2)14-16-11(8-20-14)7-19-13-6-10(3)4-5-12(13)15(17)18/h4-6,8-9H,7H2,1-3H3,(H,17,18). The average Bonchev–Trinajstić information content (AvgIpc) is 2.85. The number of carboxylic acids is 1. The first kappa shape index (κ1) is 14.5. The van der Waals surface area contributed by atoms with E-state index >= 15 is 0 Å². The molecular weight excluding hydrogens is 274 g/mol. The van der Waals surface area contributed by atoms with E-state index in [1.807, 2.05) is 12.3 Å². The maximum atomic E-state index is 11.1. The van der Waals surface area contributed by atoms with E-state index in [0.29, 0.717) is 11.7 Å². The summed E-state index contributed by atoms with van der Waals surface area (Å²) in [6, 6.07) is 5.06. The van der Waals surface area contributed by atoms with Crippen molar-refractivity contribution in [2.75, 3.05) is 0 Å². The summed E-state index contributed by atoms with van der Waals surface area (Å²) in [4.78, 5) is 15.6. The van der Waals surface area contributed by atoms with Crippen molar-refractivity contribution >= 4 is 17.3 Å². The van der Waals surface area contributed by atoms with Crippen molar-refractivity contribution in [3.63, 3.8) is 0 Å².